The van der Waals surface area contributed by atoms with Gasteiger partial charge in [-0.3, -0.25) is 19.5 Å². The van der Waals surface area contributed by atoms with E-state index in [1.807, 2.05) is 12.1 Å². The van der Waals surface area contributed by atoms with Crippen molar-refractivity contribution < 1.29 is 45.4 Å². The number of piperazine rings is 1. The summed E-state index contributed by atoms with van der Waals surface area (Å²) < 4.78 is 82.1. The number of carbonyl (C=O) groups excluding carboxylic acids is 2. The van der Waals surface area contributed by atoms with E-state index in [0.717, 1.165) is 100 Å². The highest BCUT2D eigenvalue weighted by Gasteiger charge is 2.43. The molecule has 10 rings (SSSR count). The summed E-state index contributed by atoms with van der Waals surface area (Å²) in [6.45, 7) is 23.4. The lowest BCUT2D eigenvalue weighted by Crippen LogP contribution is -2.54. The molecule has 0 saturated carbocycles. The number of fused-ring (bicyclic) bond motifs is 2. The molecule has 498 valence electrons. The first-order valence-corrected chi connectivity index (χ1v) is 36.9. The molecule has 4 aliphatic heterocycles. The van der Waals surface area contributed by atoms with Crippen LogP contribution in [0.15, 0.2) is 82.6 Å². The van der Waals surface area contributed by atoms with Crippen molar-refractivity contribution in [2.24, 2.45) is 11.8 Å². The number of hydrogen-bond acceptors (Lipinski definition) is 16. The minimum atomic E-state index is -3.79. The van der Waals surface area contributed by atoms with Gasteiger partial charge in [0.2, 0.25) is 10.0 Å². The fraction of sp³-hybridized carbons (Fsp3) is 0.588. The number of Topliss-reactive ketones (excluding diaryl/α,β-unsaturated/α-hetero) is 1. The molecule has 0 unspecified atom stereocenters. The van der Waals surface area contributed by atoms with Crippen LogP contribution in [0.5, 0.6) is 11.5 Å². The monoisotopic (exact) mass is 1340 g/mol. The SMILES string of the molecule is [C-]#[N+]c1cc(Cl)cc2c1C[C@H](N1CCC[C@H](C)C1)[C@H]2Oc1ccc(S(=O)(=O)C[C@@H]2CCN(CCOCCNC(=O)NCCCCCC(=O)CCCOCCN3CC[C@@H](NS(=O)(=O)c4ccc(O[C@H]5c6cc(Cl)cc(C#N)c6C[C@@H]5N5CCN[C@H](C)C5)cc4)C3)C2)cc1. The number of unbranched alkanes of at least 4 members (excludes halogenated alkanes) is 2. The van der Waals surface area contributed by atoms with E-state index in [1.165, 1.54) is 6.42 Å². The Bertz CT molecular complexity index is 3260. The number of amides is 2. The van der Waals surface area contributed by atoms with E-state index in [0.29, 0.717) is 149 Å². The van der Waals surface area contributed by atoms with Gasteiger partial charge in [0.05, 0.1) is 65.7 Å². The molecule has 4 heterocycles. The zero-order chi connectivity index (χ0) is 64.8. The number of ketones is 1. The molecule has 4 aromatic carbocycles. The van der Waals surface area contributed by atoms with E-state index in [9.17, 15) is 31.7 Å². The maximum atomic E-state index is 13.6. The van der Waals surface area contributed by atoms with Crippen molar-refractivity contribution in [3.63, 3.8) is 0 Å². The number of carbonyl (C=O) groups is 2. The minimum absolute atomic E-state index is 0.00268. The molecule has 20 nitrogen and oxygen atoms in total. The van der Waals surface area contributed by atoms with Gasteiger partial charge in [0.1, 0.15) is 29.5 Å². The number of sulfonamides is 1. The number of hydrogen-bond donors (Lipinski definition) is 4. The molecule has 0 radical (unpaired) electrons. The topological polar surface area (TPSA) is 229 Å². The largest absolute Gasteiger partial charge is 0.484 e. The molecule has 92 heavy (non-hydrogen) atoms. The zero-order valence-electron chi connectivity index (χ0n) is 53.1. The van der Waals surface area contributed by atoms with Crippen LogP contribution in [0.3, 0.4) is 0 Å². The second-order valence-electron chi connectivity index (χ2n) is 25.9. The van der Waals surface area contributed by atoms with Crippen LogP contribution in [-0.2, 0) is 47.0 Å². The highest BCUT2D eigenvalue weighted by atomic mass is 35.5. The standard InChI is InChI=1S/C68H90Cl2N10O10S2/c1-47-9-7-25-79(42-47)65-40-60-62(37-52(70)38-63(60)72-3)67(65)90-55-12-16-57(17-13-55)91(83,84)46-49-20-26-77(44-49)29-34-88-32-24-75-68(82)74-22-6-4-5-10-54(81)11-8-31-87-33-30-78-27-21-53(45-78)76-92(85,86)58-18-14-56(15-19-58)89-66-61-36-51(69)35-50(41-71)59(61)39-64(66)80-28-23-73-48(2)43-80/h12-19,35-38,47-49,53,64-67,73,76H,4-11,20-34,39-40,42-46H2,1-2H3,(H2,74,75,82)/t47-,48+,49+,53+,64-,65-,66-,67-/m0/s1. The molecule has 0 aromatic heterocycles. The van der Waals surface area contributed by atoms with Gasteiger partial charge in [-0.15, -0.1) is 0 Å². The number of ether oxygens (including phenoxy) is 4. The lowest BCUT2D eigenvalue weighted by molar-refractivity contribution is -0.119. The smallest absolute Gasteiger partial charge is 0.314 e. The van der Waals surface area contributed by atoms with E-state index >= 15 is 0 Å². The average Bonchev–Trinajstić information content (AvgIpc) is 1.63. The number of urea groups is 1. The van der Waals surface area contributed by atoms with Gasteiger partial charge in [0.15, 0.2) is 15.5 Å². The molecule has 0 spiro atoms. The van der Waals surface area contributed by atoms with Gasteiger partial charge in [-0.05, 0) is 191 Å². The first-order chi connectivity index (χ1) is 44.4. The third-order valence-electron chi connectivity index (χ3n) is 18.9. The molecule has 8 atom stereocenters. The highest BCUT2D eigenvalue weighted by molar-refractivity contribution is 7.91. The van der Waals surface area contributed by atoms with Crippen molar-refractivity contribution in [2.75, 3.05) is 117 Å². The van der Waals surface area contributed by atoms with Crippen LogP contribution in [-0.4, -0.2) is 190 Å². The van der Waals surface area contributed by atoms with Gasteiger partial charge >= 0.3 is 6.03 Å². The van der Waals surface area contributed by atoms with Crippen LogP contribution in [0.25, 0.3) is 4.85 Å². The molecule has 4 saturated heterocycles. The Morgan fingerprint density at radius 1 is 0.696 bits per heavy atom. The van der Waals surface area contributed by atoms with Gasteiger partial charge in [0, 0.05) is 107 Å². The third-order valence-corrected chi connectivity index (χ3v) is 22.8. The molecule has 4 N–H and O–H groups in total. The summed E-state index contributed by atoms with van der Waals surface area (Å²) in [6.07, 6.45) is 8.33. The van der Waals surface area contributed by atoms with Gasteiger partial charge in [0.25, 0.3) is 0 Å². The summed E-state index contributed by atoms with van der Waals surface area (Å²) in [6, 6.07) is 22.7. The van der Waals surface area contributed by atoms with Crippen LogP contribution < -0.4 is 30.1 Å². The summed E-state index contributed by atoms with van der Waals surface area (Å²) in [5.74, 6) is 1.94. The summed E-state index contributed by atoms with van der Waals surface area (Å²) in [4.78, 5) is 38.4. The Kier molecular flexibility index (Phi) is 24.7. The average molecular weight is 1340 g/mol. The van der Waals surface area contributed by atoms with Crippen LogP contribution >= 0.6 is 23.2 Å². The van der Waals surface area contributed by atoms with Crippen molar-refractivity contribution in [3.05, 3.63) is 122 Å². The second-order valence-corrected chi connectivity index (χ2v) is 30.5. The molecular weight excluding hydrogens is 1250 g/mol. The molecule has 24 heteroatoms. The van der Waals surface area contributed by atoms with E-state index in [-0.39, 0.29) is 63.6 Å². The van der Waals surface area contributed by atoms with E-state index in [2.05, 4.69) is 65.0 Å². The van der Waals surface area contributed by atoms with E-state index in [4.69, 9.17) is 48.7 Å². The first-order valence-electron chi connectivity index (χ1n) is 33.0. The maximum Gasteiger partial charge on any atom is 0.314 e. The van der Waals surface area contributed by atoms with Crippen molar-refractivity contribution in [2.45, 2.75) is 137 Å². The Labute approximate surface area is 554 Å². The van der Waals surface area contributed by atoms with Gasteiger partial charge < -0.3 is 39.8 Å². The third kappa shape index (κ3) is 18.7. The number of halogens is 2. The van der Waals surface area contributed by atoms with Crippen molar-refractivity contribution in [1.29, 1.82) is 5.26 Å². The van der Waals surface area contributed by atoms with Gasteiger partial charge in [-0.2, -0.15) is 5.26 Å². The van der Waals surface area contributed by atoms with Crippen LogP contribution in [0, 0.1) is 29.7 Å². The second kappa shape index (κ2) is 32.8. The molecule has 4 fully saturated rings. The number of nitrogens with zero attached hydrogens (tertiary/aromatic N) is 6. The molecule has 4 aromatic rings. The molecule has 2 aliphatic carbocycles. The zero-order valence-corrected chi connectivity index (χ0v) is 56.2. The van der Waals surface area contributed by atoms with Gasteiger partial charge in [-0.25, -0.2) is 31.2 Å². The Balaban J connectivity index is 0.525. The molecule has 0 bridgehead atoms. The predicted octanol–water partition coefficient (Wildman–Crippen LogP) is 8.92. The summed E-state index contributed by atoms with van der Waals surface area (Å²) >= 11 is 13.0. The molecular formula is C68H90Cl2N10O10S2. The lowest BCUT2D eigenvalue weighted by Gasteiger charge is -2.38. The molecule has 6 aliphatic rings. The number of nitriles is 1. The normalized spacial score (nSPS) is 23.8. The minimum Gasteiger partial charge on any atom is -0.484 e. The Hall–Kier alpha value is -5.44. The number of rotatable bonds is 31. The number of piperidine rings is 1. The van der Waals surface area contributed by atoms with E-state index in [1.54, 1.807) is 60.7 Å². The van der Waals surface area contributed by atoms with Crippen LogP contribution in [0.1, 0.15) is 118 Å². The van der Waals surface area contributed by atoms with E-state index < -0.39 is 19.9 Å². The summed E-state index contributed by atoms with van der Waals surface area (Å²) in [7, 11) is -7.34. The number of benzene rings is 4. The fourth-order valence-electron chi connectivity index (χ4n) is 14.2. The van der Waals surface area contributed by atoms with Crippen molar-refractivity contribution >= 4 is 60.6 Å². The first kappa shape index (κ1) is 69.4. The number of nitrogens with one attached hydrogen (secondary N) is 4. The van der Waals surface area contributed by atoms with Crippen molar-refractivity contribution in [3.8, 4) is 17.6 Å². The highest BCUT2D eigenvalue weighted by Crippen LogP contribution is 2.46. The van der Waals surface area contributed by atoms with Crippen LogP contribution in [0.2, 0.25) is 10.0 Å². The number of likely N-dealkylation sites (tertiary alicyclic amines) is 3. The summed E-state index contributed by atoms with van der Waals surface area (Å²) in [5, 5.41) is 20.1. The Morgan fingerprint density at radius 3 is 2.02 bits per heavy atom. The summed E-state index contributed by atoms with van der Waals surface area (Å²) in [5.41, 5.74) is 4.86. The lowest BCUT2D eigenvalue weighted by atomic mass is 9.97. The maximum absolute atomic E-state index is 13.6. The van der Waals surface area contributed by atoms with Gasteiger partial charge in [-0.1, -0.05) is 36.5 Å². The molecule has 2 amide bonds. The Morgan fingerprint density at radius 2 is 1.33 bits per heavy atom. The fourth-order valence-corrected chi connectivity index (χ4v) is 17.6. The van der Waals surface area contributed by atoms with Crippen LogP contribution in [0.4, 0.5) is 10.5 Å². The number of sulfone groups is 1. The van der Waals surface area contributed by atoms with Crippen molar-refractivity contribution in [1.82, 2.24) is 40.3 Å². The predicted molar refractivity (Wildman–Crippen MR) is 355 cm³/mol. The quantitative estimate of drug-likeness (QED) is 0.0272.